The molecule has 0 fully saturated rings. The van der Waals surface area contributed by atoms with Crippen LogP contribution in [0, 0.1) is 22.7 Å². The van der Waals surface area contributed by atoms with E-state index in [4.69, 9.17) is 10.5 Å². The molecule has 2 rings (SSSR count). The number of hydrogen-bond donors (Lipinski definition) is 2. The molecule has 0 atom stereocenters. The first-order chi connectivity index (χ1) is 9.13. The fraction of sp³-hybridized carbons (Fsp3) is 0.214. The van der Waals surface area contributed by atoms with Gasteiger partial charge in [-0.1, -0.05) is 13.8 Å². The summed E-state index contributed by atoms with van der Waals surface area (Å²) < 4.78 is 0. The zero-order chi connectivity index (χ0) is 13.8. The van der Waals surface area contributed by atoms with Crippen molar-refractivity contribution in [2.24, 2.45) is 0 Å². The molecule has 5 heteroatoms. The van der Waals surface area contributed by atoms with Crippen LogP contribution in [0.4, 0.5) is 5.69 Å². The Morgan fingerprint density at radius 2 is 2.11 bits per heavy atom. The Balaban J connectivity index is 2.30. The van der Waals surface area contributed by atoms with Gasteiger partial charge in [-0.15, -0.1) is 0 Å². The summed E-state index contributed by atoms with van der Waals surface area (Å²) in [6.07, 6.45) is 1.39. The molecule has 1 aromatic carbocycles. The molecular weight excluding hydrogens is 238 g/mol. The van der Waals surface area contributed by atoms with Gasteiger partial charge in [0, 0.05) is 17.8 Å². The maximum Gasteiger partial charge on any atom is 0.145 e. The maximum absolute atomic E-state index is 8.64. The molecule has 0 unspecified atom stereocenters. The lowest BCUT2D eigenvalue weighted by atomic mass is 10.2. The third kappa shape index (κ3) is 2.72. The molecule has 1 aromatic heterocycles. The molecule has 0 saturated carbocycles. The Hall–Kier alpha value is -2.79. The Bertz CT molecular complexity index is 693. The van der Waals surface area contributed by atoms with Crippen LogP contribution in [0.2, 0.25) is 0 Å². The lowest BCUT2D eigenvalue weighted by molar-refractivity contribution is 0.799. The average Bonchev–Trinajstić information content (AvgIpc) is 2.83. The molecule has 0 aliphatic carbocycles. The lowest BCUT2D eigenvalue weighted by Gasteiger charge is -1.99. The molecule has 94 valence electrons. The van der Waals surface area contributed by atoms with Gasteiger partial charge in [0.05, 0.1) is 11.0 Å². The Kier molecular flexibility index (Phi) is 3.49. The minimum absolute atomic E-state index is 0.0348. The van der Waals surface area contributed by atoms with Gasteiger partial charge in [-0.05, 0) is 18.2 Å². The second-order valence-corrected chi connectivity index (χ2v) is 4.43. The van der Waals surface area contributed by atoms with E-state index in [1.54, 1.807) is 12.1 Å². The smallest absolute Gasteiger partial charge is 0.145 e. The van der Waals surface area contributed by atoms with Crippen LogP contribution < -0.4 is 5.32 Å². The normalized spacial score (nSPS) is 9.95. The van der Waals surface area contributed by atoms with Crippen LogP contribution in [-0.2, 0) is 0 Å². The van der Waals surface area contributed by atoms with E-state index in [0.717, 1.165) is 22.5 Å². The summed E-state index contributed by atoms with van der Waals surface area (Å²) in [4.78, 5) is 7.73. The molecule has 0 saturated heterocycles. The quantitative estimate of drug-likeness (QED) is 0.820. The fourth-order valence-corrected chi connectivity index (χ4v) is 1.64. The summed E-state index contributed by atoms with van der Waals surface area (Å²) in [6.45, 7) is 4.15. The van der Waals surface area contributed by atoms with Gasteiger partial charge in [0.2, 0.25) is 0 Å². The van der Waals surface area contributed by atoms with Gasteiger partial charge >= 0.3 is 0 Å². The molecule has 0 aliphatic heterocycles. The highest BCUT2D eigenvalue weighted by atomic mass is 14.9. The van der Waals surface area contributed by atoms with Gasteiger partial charge in [-0.2, -0.15) is 10.5 Å². The molecule has 2 N–H and O–H groups in total. The van der Waals surface area contributed by atoms with Crippen LogP contribution in [0.1, 0.15) is 25.6 Å². The van der Waals surface area contributed by atoms with E-state index in [9.17, 15) is 0 Å². The number of aromatic nitrogens is 2. The lowest BCUT2D eigenvalue weighted by Crippen LogP contribution is -1.89. The number of nitriles is 2. The number of imidazole rings is 1. The molecule has 19 heavy (non-hydrogen) atoms. The second-order valence-electron chi connectivity index (χ2n) is 4.43. The number of nitrogens with zero attached hydrogens (tertiary/aromatic N) is 3. The van der Waals surface area contributed by atoms with Gasteiger partial charge in [-0.3, -0.25) is 0 Å². The minimum Gasteiger partial charge on any atom is -0.360 e. The molecular formula is C14H13N5. The van der Waals surface area contributed by atoms with Crippen molar-refractivity contribution >= 4 is 16.7 Å². The largest absolute Gasteiger partial charge is 0.360 e. The van der Waals surface area contributed by atoms with Crippen LogP contribution in [-0.4, -0.2) is 9.97 Å². The topological polar surface area (TPSA) is 88.3 Å². The predicted octanol–water partition coefficient (Wildman–Crippen LogP) is 3.03. The van der Waals surface area contributed by atoms with Crippen molar-refractivity contribution in [3.8, 4) is 12.1 Å². The van der Waals surface area contributed by atoms with E-state index in [-0.39, 0.29) is 5.57 Å². The minimum atomic E-state index is 0.0348. The number of benzene rings is 1. The standard InChI is InChI=1S/C14H13N5/c1-9(2)14-18-12-4-3-11(5-13(12)19-14)17-8-10(6-15)7-16/h3-5,8-9,17H,1-2H3,(H,18,19). The van der Waals surface area contributed by atoms with Gasteiger partial charge in [0.15, 0.2) is 0 Å². The van der Waals surface area contributed by atoms with Crippen LogP contribution >= 0.6 is 0 Å². The molecule has 0 aliphatic rings. The summed E-state index contributed by atoms with van der Waals surface area (Å²) in [6, 6.07) is 9.24. The van der Waals surface area contributed by atoms with Crippen molar-refractivity contribution < 1.29 is 0 Å². The van der Waals surface area contributed by atoms with Crippen LogP contribution in [0.3, 0.4) is 0 Å². The van der Waals surface area contributed by atoms with Crippen molar-refractivity contribution in [1.82, 2.24) is 9.97 Å². The second kappa shape index (κ2) is 5.24. The zero-order valence-electron chi connectivity index (χ0n) is 10.7. The number of H-pyrrole nitrogens is 1. The number of fused-ring (bicyclic) bond motifs is 1. The maximum atomic E-state index is 8.64. The highest BCUT2D eigenvalue weighted by Crippen LogP contribution is 2.20. The van der Waals surface area contributed by atoms with Gasteiger partial charge in [0.1, 0.15) is 23.5 Å². The van der Waals surface area contributed by atoms with E-state index in [1.165, 1.54) is 6.20 Å². The van der Waals surface area contributed by atoms with Crippen LogP contribution in [0.5, 0.6) is 0 Å². The summed E-state index contributed by atoms with van der Waals surface area (Å²) >= 11 is 0. The molecule has 0 radical (unpaired) electrons. The Labute approximate surface area is 111 Å². The first kappa shape index (κ1) is 12.7. The van der Waals surface area contributed by atoms with Crippen LogP contribution in [0.15, 0.2) is 30.0 Å². The first-order valence-corrected chi connectivity index (χ1v) is 5.90. The highest BCUT2D eigenvalue weighted by molar-refractivity contribution is 5.79. The Morgan fingerprint density at radius 1 is 1.37 bits per heavy atom. The average molecular weight is 251 g/mol. The number of anilines is 1. The Morgan fingerprint density at radius 3 is 2.74 bits per heavy atom. The number of hydrogen-bond acceptors (Lipinski definition) is 4. The van der Waals surface area contributed by atoms with Crippen molar-refractivity contribution in [3.63, 3.8) is 0 Å². The van der Waals surface area contributed by atoms with Gasteiger partial charge in [0.25, 0.3) is 0 Å². The zero-order valence-corrected chi connectivity index (χ0v) is 10.7. The fourth-order valence-electron chi connectivity index (χ4n) is 1.64. The summed E-state index contributed by atoms with van der Waals surface area (Å²) in [5, 5.41) is 20.2. The number of allylic oxidation sites excluding steroid dienone is 1. The molecule has 0 bridgehead atoms. The number of nitrogens with one attached hydrogen (secondary N) is 2. The molecule has 0 amide bonds. The summed E-state index contributed by atoms with van der Waals surface area (Å²) in [7, 11) is 0. The predicted molar refractivity (Wildman–Crippen MR) is 73.1 cm³/mol. The van der Waals surface area contributed by atoms with Crippen molar-refractivity contribution in [1.29, 1.82) is 10.5 Å². The molecule has 0 spiro atoms. The van der Waals surface area contributed by atoms with Gasteiger partial charge in [-0.25, -0.2) is 4.98 Å². The molecule has 5 nitrogen and oxygen atoms in total. The van der Waals surface area contributed by atoms with Crippen molar-refractivity contribution in [2.45, 2.75) is 19.8 Å². The number of aromatic amines is 1. The van der Waals surface area contributed by atoms with Crippen LogP contribution in [0.25, 0.3) is 11.0 Å². The molecule has 1 heterocycles. The summed E-state index contributed by atoms with van der Waals surface area (Å²) in [5.74, 6) is 1.28. The monoisotopic (exact) mass is 251 g/mol. The van der Waals surface area contributed by atoms with E-state index in [1.807, 2.05) is 18.2 Å². The number of rotatable bonds is 3. The third-order valence-electron chi connectivity index (χ3n) is 2.67. The highest BCUT2D eigenvalue weighted by Gasteiger charge is 2.06. The van der Waals surface area contributed by atoms with E-state index >= 15 is 0 Å². The van der Waals surface area contributed by atoms with E-state index in [0.29, 0.717) is 5.92 Å². The van der Waals surface area contributed by atoms with E-state index in [2.05, 4.69) is 29.1 Å². The van der Waals surface area contributed by atoms with E-state index < -0.39 is 0 Å². The van der Waals surface area contributed by atoms with Crippen molar-refractivity contribution in [3.05, 3.63) is 35.8 Å². The SMILES string of the molecule is CC(C)c1nc2ccc(NC=C(C#N)C#N)cc2[nH]1. The first-order valence-electron chi connectivity index (χ1n) is 5.90. The third-order valence-corrected chi connectivity index (χ3v) is 2.67. The summed E-state index contributed by atoms with van der Waals surface area (Å²) in [5.41, 5.74) is 2.67. The van der Waals surface area contributed by atoms with Crippen molar-refractivity contribution in [2.75, 3.05) is 5.32 Å². The molecule has 2 aromatic rings. The van der Waals surface area contributed by atoms with Gasteiger partial charge < -0.3 is 10.3 Å².